The lowest BCUT2D eigenvalue weighted by Crippen LogP contribution is -2.25. The zero-order valence-electron chi connectivity index (χ0n) is 9.24. The van der Waals surface area contributed by atoms with E-state index < -0.39 is 0 Å². The maximum atomic E-state index is 11.9. The molecule has 0 aliphatic carbocycles. The highest BCUT2D eigenvalue weighted by molar-refractivity contribution is 6.34. The number of aryl methyl sites for hydroxylation is 1. The standard InChI is InChI=1S/C13H14ClNO/c1-3-10-7-12(16)15(8-10)13-9(2)5-4-6-11(13)14/h3-6,10H,1,7-8H2,2H3. The third-order valence-electron chi connectivity index (χ3n) is 2.95. The molecule has 16 heavy (non-hydrogen) atoms. The van der Waals surface area contributed by atoms with Crippen molar-refractivity contribution >= 4 is 23.2 Å². The zero-order valence-corrected chi connectivity index (χ0v) is 10.00. The first-order valence-corrected chi connectivity index (χ1v) is 5.69. The van der Waals surface area contributed by atoms with Gasteiger partial charge in [-0.3, -0.25) is 4.79 Å². The van der Waals surface area contributed by atoms with Crippen LogP contribution in [0.2, 0.25) is 5.02 Å². The van der Waals surface area contributed by atoms with E-state index in [0.29, 0.717) is 18.0 Å². The van der Waals surface area contributed by atoms with Crippen molar-refractivity contribution in [3.8, 4) is 0 Å². The molecule has 2 nitrogen and oxygen atoms in total. The van der Waals surface area contributed by atoms with Crippen LogP contribution in [0.4, 0.5) is 5.69 Å². The fourth-order valence-electron chi connectivity index (χ4n) is 2.07. The molecule has 1 aromatic carbocycles. The lowest BCUT2D eigenvalue weighted by Gasteiger charge is -2.20. The lowest BCUT2D eigenvalue weighted by atomic mass is 10.1. The maximum Gasteiger partial charge on any atom is 0.227 e. The minimum absolute atomic E-state index is 0.126. The number of carbonyl (C=O) groups excluding carboxylic acids is 1. The number of anilines is 1. The quantitative estimate of drug-likeness (QED) is 0.721. The van der Waals surface area contributed by atoms with E-state index in [1.807, 2.05) is 31.2 Å². The molecule has 1 unspecified atom stereocenters. The highest BCUT2D eigenvalue weighted by Gasteiger charge is 2.30. The third-order valence-corrected chi connectivity index (χ3v) is 3.25. The molecule has 0 saturated carbocycles. The Morgan fingerprint density at radius 2 is 2.31 bits per heavy atom. The Morgan fingerprint density at radius 1 is 1.56 bits per heavy atom. The Bertz CT molecular complexity index is 421. The Balaban J connectivity index is 2.38. The summed E-state index contributed by atoms with van der Waals surface area (Å²) in [5.41, 5.74) is 1.88. The van der Waals surface area contributed by atoms with Gasteiger partial charge in [-0.05, 0) is 18.6 Å². The lowest BCUT2D eigenvalue weighted by molar-refractivity contribution is -0.117. The summed E-state index contributed by atoms with van der Waals surface area (Å²) in [6.45, 7) is 6.39. The van der Waals surface area contributed by atoms with Crippen molar-refractivity contribution in [1.29, 1.82) is 0 Å². The van der Waals surface area contributed by atoms with Gasteiger partial charge < -0.3 is 4.90 Å². The average Bonchev–Trinajstić information content (AvgIpc) is 2.60. The van der Waals surface area contributed by atoms with Crippen molar-refractivity contribution in [3.05, 3.63) is 41.4 Å². The molecule has 0 spiro atoms. The number of benzene rings is 1. The summed E-state index contributed by atoms with van der Waals surface area (Å²) in [7, 11) is 0. The van der Waals surface area contributed by atoms with Crippen molar-refractivity contribution in [2.75, 3.05) is 11.4 Å². The number of para-hydroxylation sites is 1. The van der Waals surface area contributed by atoms with Gasteiger partial charge >= 0.3 is 0 Å². The van der Waals surface area contributed by atoms with Crippen LogP contribution < -0.4 is 4.90 Å². The van der Waals surface area contributed by atoms with E-state index in [2.05, 4.69) is 6.58 Å². The Kier molecular flexibility index (Phi) is 3.01. The Hall–Kier alpha value is -1.28. The van der Waals surface area contributed by atoms with Crippen molar-refractivity contribution in [1.82, 2.24) is 0 Å². The molecule has 3 heteroatoms. The van der Waals surface area contributed by atoms with Crippen molar-refractivity contribution in [2.45, 2.75) is 13.3 Å². The third kappa shape index (κ3) is 1.85. The van der Waals surface area contributed by atoms with Gasteiger partial charge in [0.15, 0.2) is 0 Å². The molecule has 1 aliphatic rings. The van der Waals surface area contributed by atoms with E-state index in [1.165, 1.54) is 0 Å². The fraction of sp³-hybridized carbons (Fsp3) is 0.308. The number of halogens is 1. The first-order chi connectivity index (χ1) is 7.63. The largest absolute Gasteiger partial charge is 0.310 e. The van der Waals surface area contributed by atoms with Crippen molar-refractivity contribution in [2.24, 2.45) is 5.92 Å². The van der Waals surface area contributed by atoms with E-state index >= 15 is 0 Å². The van der Waals surface area contributed by atoms with Crippen LogP contribution in [0.1, 0.15) is 12.0 Å². The van der Waals surface area contributed by atoms with Crippen LogP contribution in [-0.4, -0.2) is 12.5 Å². The SMILES string of the molecule is C=CC1CC(=O)N(c2c(C)cccc2Cl)C1. The molecule has 0 aromatic heterocycles. The van der Waals surface area contributed by atoms with Gasteiger partial charge in [-0.25, -0.2) is 0 Å². The van der Waals surface area contributed by atoms with Gasteiger partial charge in [-0.2, -0.15) is 0 Å². The topological polar surface area (TPSA) is 20.3 Å². The van der Waals surface area contributed by atoms with Gasteiger partial charge in [0.25, 0.3) is 0 Å². The van der Waals surface area contributed by atoms with Crippen LogP contribution in [-0.2, 0) is 4.79 Å². The summed E-state index contributed by atoms with van der Waals surface area (Å²) in [5.74, 6) is 0.365. The molecule has 1 aliphatic heterocycles. The summed E-state index contributed by atoms with van der Waals surface area (Å²) in [6, 6.07) is 5.68. The predicted octanol–water partition coefficient (Wildman–Crippen LogP) is 3.19. The highest BCUT2D eigenvalue weighted by atomic mass is 35.5. The molecule has 0 bridgehead atoms. The second-order valence-corrected chi connectivity index (χ2v) is 4.52. The molecule has 0 radical (unpaired) electrons. The molecule has 1 fully saturated rings. The van der Waals surface area contributed by atoms with E-state index in [1.54, 1.807) is 4.90 Å². The van der Waals surface area contributed by atoms with Crippen LogP contribution in [0.15, 0.2) is 30.9 Å². The minimum atomic E-state index is 0.126. The van der Waals surface area contributed by atoms with Crippen molar-refractivity contribution in [3.63, 3.8) is 0 Å². The molecule has 1 aromatic rings. The molecular formula is C13H14ClNO. The smallest absolute Gasteiger partial charge is 0.227 e. The number of nitrogens with zero attached hydrogens (tertiary/aromatic N) is 1. The van der Waals surface area contributed by atoms with Gasteiger partial charge in [0.1, 0.15) is 0 Å². The summed E-state index contributed by atoms with van der Waals surface area (Å²) in [5, 5.41) is 0.637. The van der Waals surface area contributed by atoms with Crippen molar-refractivity contribution < 1.29 is 4.79 Å². The molecule has 0 N–H and O–H groups in total. The molecular weight excluding hydrogens is 222 g/mol. The first kappa shape index (κ1) is 11.2. The van der Waals surface area contributed by atoms with Crippen LogP contribution >= 0.6 is 11.6 Å². The molecule has 1 amide bonds. The summed E-state index contributed by atoms with van der Waals surface area (Å²) >= 11 is 6.15. The van der Waals surface area contributed by atoms with Gasteiger partial charge in [-0.1, -0.05) is 29.8 Å². The van der Waals surface area contributed by atoms with Crippen LogP contribution in [0, 0.1) is 12.8 Å². The summed E-state index contributed by atoms with van der Waals surface area (Å²) in [4.78, 5) is 13.6. The van der Waals surface area contributed by atoms with E-state index in [9.17, 15) is 4.79 Å². The highest BCUT2D eigenvalue weighted by Crippen LogP contribution is 2.34. The van der Waals surface area contributed by atoms with E-state index in [-0.39, 0.29) is 11.8 Å². The monoisotopic (exact) mass is 235 g/mol. The average molecular weight is 236 g/mol. The Morgan fingerprint density at radius 3 is 2.88 bits per heavy atom. The molecule has 1 atom stereocenters. The number of rotatable bonds is 2. The van der Waals surface area contributed by atoms with Crippen LogP contribution in [0.5, 0.6) is 0 Å². The van der Waals surface area contributed by atoms with Gasteiger partial charge in [0, 0.05) is 18.9 Å². The second-order valence-electron chi connectivity index (χ2n) is 4.11. The fourth-order valence-corrected chi connectivity index (χ4v) is 2.40. The van der Waals surface area contributed by atoms with Crippen LogP contribution in [0.3, 0.4) is 0 Å². The second kappa shape index (κ2) is 4.30. The predicted molar refractivity (Wildman–Crippen MR) is 66.8 cm³/mol. The van der Waals surface area contributed by atoms with E-state index in [0.717, 1.165) is 11.3 Å². The summed E-state index contributed by atoms with van der Waals surface area (Å²) in [6.07, 6.45) is 2.37. The first-order valence-electron chi connectivity index (χ1n) is 5.31. The maximum absolute atomic E-state index is 11.9. The van der Waals surface area contributed by atoms with Crippen LogP contribution in [0.25, 0.3) is 0 Å². The summed E-state index contributed by atoms with van der Waals surface area (Å²) < 4.78 is 0. The molecule has 84 valence electrons. The molecule has 2 rings (SSSR count). The minimum Gasteiger partial charge on any atom is -0.310 e. The van der Waals surface area contributed by atoms with Gasteiger partial charge in [0.05, 0.1) is 10.7 Å². The normalized spacial score (nSPS) is 20.2. The molecule has 1 saturated heterocycles. The van der Waals surface area contributed by atoms with Gasteiger partial charge in [-0.15, -0.1) is 6.58 Å². The van der Waals surface area contributed by atoms with E-state index in [4.69, 9.17) is 11.6 Å². The van der Waals surface area contributed by atoms with Gasteiger partial charge in [0.2, 0.25) is 5.91 Å². The number of amides is 1. The number of carbonyl (C=O) groups is 1. The zero-order chi connectivity index (χ0) is 11.7. The Labute approximate surface area is 101 Å². The number of hydrogen-bond acceptors (Lipinski definition) is 1. The number of hydrogen-bond donors (Lipinski definition) is 0. The molecule has 1 heterocycles.